The Morgan fingerprint density at radius 1 is 1.73 bits per heavy atom. The number of nitrogens with zero attached hydrogens (tertiary/aromatic N) is 1. The maximum Gasteiger partial charge on any atom is 0.240 e. The molecule has 0 aliphatic heterocycles. The van der Waals surface area contributed by atoms with E-state index in [1.807, 2.05) is 6.26 Å². The maximum absolute atomic E-state index is 10.8. The molecule has 64 valence electrons. The third kappa shape index (κ3) is 7.74. The highest BCUT2D eigenvalue weighted by Crippen LogP contribution is 2.16. The van der Waals surface area contributed by atoms with Crippen molar-refractivity contribution in [3.63, 3.8) is 0 Å². The molecule has 0 aromatic carbocycles. The summed E-state index contributed by atoms with van der Waals surface area (Å²) in [4.78, 5) is 10.8. The molecule has 0 rings (SSSR count). The molecule has 1 amide bonds. The summed E-state index contributed by atoms with van der Waals surface area (Å²) in [6, 6.07) is 0. The van der Waals surface area contributed by atoms with Crippen LogP contribution >= 0.6 is 21.6 Å². The van der Waals surface area contributed by atoms with E-state index in [1.54, 1.807) is 34.7 Å². The van der Waals surface area contributed by atoms with Gasteiger partial charge in [-0.05, 0) is 13.2 Å². The first kappa shape index (κ1) is 10.8. The van der Waals surface area contributed by atoms with E-state index in [0.29, 0.717) is 6.42 Å². The highest BCUT2D eigenvalue weighted by atomic mass is 33.1. The van der Waals surface area contributed by atoms with Crippen molar-refractivity contribution in [2.45, 2.75) is 13.3 Å². The van der Waals surface area contributed by atoms with Gasteiger partial charge in [-0.1, -0.05) is 21.6 Å². The normalized spacial score (nSPS) is 10.4. The standard InChI is InChI=1S/C6H12N2OS2/c1-3-7-8-6(9)4-5-11-10-2/h3H,4-5H2,1-2H3,(H,8,9)/b7-3-. The molecule has 0 unspecified atom stereocenters. The molecule has 5 heteroatoms. The van der Waals surface area contributed by atoms with Crippen LogP contribution in [0.3, 0.4) is 0 Å². The zero-order chi connectivity index (χ0) is 8.53. The molecule has 0 saturated carbocycles. The third-order valence-corrected chi connectivity index (χ3v) is 2.66. The van der Waals surface area contributed by atoms with Crippen molar-refractivity contribution in [2.24, 2.45) is 5.10 Å². The Hall–Kier alpha value is -0.160. The number of hydrogen-bond acceptors (Lipinski definition) is 4. The van der Waals surface area contributed by atoms with Crippen LogP contribution < -0.4 is 5.43 Å². The Balaban J connectivity index is 3.23. The fourth-order valence-electron chi connectivity index (χ4n) is 0.410. The number of carbonyl (C=O) groups is 1. The second kappa shape index (κ2) is 7.94. The summed E-state index contributed by atoms with van der Waals surface area (Å²) in [6.07, 6.45) is 4.08. The van der Waals surface area contributed by atoms with E-state index in [-0.39, 0.29) is 5.91 Å². The van der Waals surface area contributed by atoms with E-state index < -0.39 is 0 Å². The molecule has 0 saturated heterocycles. The largest absolute Gasteiger partial charge is 0.273 e. The topological polar surface area (TPSA) is 41.5 Å². The van der Waals surface area contributed by atoms with Gasteiger partial charge in [-0.25, -0.2) is 5.43 Å². The second-order valence-corrected chi connectivity index (χ2v) is 4.35. The minimum Gasteiger partial charge on any atom is -0.273 e. The number of hydrogen-bond donors (Lipinski definition) is 1. The summed E-state index contributed by atoms with van der Waals surface area (Å²) < 4.78 is 0. The molecule has 0 atom stereocenters. The average Bonchev–Trinajstić information content (AvgIpc) is 2.01. The summed E-state index contributed by atoms with van der Waals surface area (Å²) in [7, 11) is 3.34. The molecule has 0 heterocycles. The van der Waals surface area contributed by atoms with E-state index >= 15 is 0 Å². The Kier molecular flexibility index (Phi) is 7.83. The van der Waals surface area contributed by atoms with Gasteiger partial charge in [-0.15, -0.1) is 0 Å². The molecule has 0 aliphatic rings. The quantitative estimate of drug-likeness (QED) is 0.311. The van der Waals surface area contributed by atoms with Gasteiger partial charge in [-0.3, -0.25) is 4.79 Å². The number of rotatable bonds is 5. The van der Waals surface area contributed by atoms with E-state index in [1.165, 1.54) is 0 Å². The lowest BCUT2D eigenvalue weighted by molar-refractivity contribution is -0.120. The third-order valence-electron chi connectivity index (χ3n) is 0.849. The fraction of sp³-hybridized carbons (Fsp3) is 0.667. The summed E-state index contributed by atoms with van der Waals surface area (Å²) in [6.45, 7) is 1.76. The van der Waals surface area contributed by atoms with Gasteiger partial charge in [0, 0.05) is 18.4 Å². The van der Waals surface area contributed by atoms with Crippen LogP contribution in [0.4, 0.5) is 0 Å². The van der Waals surface area contributed by atoms with E-state index in [4.69, 9.17) is 0 Å². The van der Waals surface area contributed by atoms with Gasteiger partial charge < -0.3 is 0 Å². The molecule has 0 fully saturated rings. The molecule has 0 spiro atoms. The molecule has 0 aromatic rings. The molecular formula is C6H12N2OS2. The minimum absolute atomic E-state index is 0.0235. The van der Waals surface area contributed by atoms with Crippen LogP contribution in [0.2, 0.25) is 0 Å². The van der Waals surface area contributed by atoms with Crippen molar-refractivity contribution in [1.29, 1.82) is 0 Å². The SMILES string of the molecule is C/C=N\NC(=O)CCSSC. The van der Waals surface area contributed by atoms with Crippen molar-refractivity contribution < 1.29 is 4.79 Å². The summed E-state index contributed by atoms with van der Waals surface area (Å²) in [5.74, 6) is 0.816. The maximum atomic E-state index is 10.8. The number of carbonyl (C=O) groups excluding carboxylic acids is 1. The van der Waals surface area contributed by atoms with Crippen molar-refractivity contribution in [1.82, 2.24) is 5.43 Å². The predicted molar refractivity (Wildman–Crippen MR) is 52.9 cm³/mol. The van der Waals surface area contributed by atoms with Crippen molar-refractivity contribution in [2.75, 3.05) is 12.0 Å². The first-order chi connectivity index (χ1) is 5.31. The molecule has 1 N–H and O–H groups in total. The second-order valence-electron chi connectivity index (χ2n) is 1.66. The monoisotopic (exact) mass is 192 g/mol. The smallest absolute Gasteiger partial charge is 0.240 e. The van der Waals surface area contributed by atoms with Crippen LogP contribution in [0.1, 0.15) is 13.3 Å². The summed E-state index contributed by atoms with van der Waals surface area (Å²) >= 11 is 0. The molecule has 11 heavy (non-hydrogen) atoms. The van der Waals surface area contributed by atoms with Crippen LogP contribution in [0.5, 0.6) is 0 Å². The number of amides is 1. The highest BCUT2D eigenvalue weighted by Gasteiger charge is 1.97. The first-order valence-corrected chi connectivity index (χ1v) is 5.96. The molecular weight excluding hydrogens is 180 g/mol. The van der Waals surface area contributed by atoms with E-state index in [2.05, 4.69) is 10.5 Å². The van der Waals surface area contributed by atoms with Crippen LogP contribution in [0, 0.1) is 0 Å². The zero-order valence-electron chi connectivity index (χ0n) is 6.66. The molecule has 0 bridgehead atoms. The lowest BCUT2D eigenvalue weighted by Crippen LogP contribution is -2.17. The minimum atomic E-state index is -0.0235. The molecule has 3 nitrogen and oxygen atoms in total. The first-order valence-electron chi connectivity index (χ1n) is 3.23. The fourth-order valence-corrected chi connectivity index (χ4v) is 1.60. The number of hydrazone groups is 1. The van der Waals surface area contributed by atoms with Crippen LogP contribution in [0.15, 0.2) is 5.10 Å². The van der Waals surface area contributed by atoms with Gasteiger partial charge in [0.2, 0.25) is 5.91 Å². The average molecular weight is 192 g/mol. The van der Waals surface area contributed by atoms with Gasteiger partial charge in [0.1, 0.15) is 0 Å². The Labute approximate surface area is 74.8 Å². The van der Waals surface area contributed by atoms with Crippen LogP contribution in [-0.2, 0) is 4.79 Å². The molecule has 0 aliphatic carbocycles. The van der Waals surface area contributed by atoms with Gasteiger partial charge in [0.15, 0.2) is 0 Å². The lowest BCUT2D eigenvalue weighted by Gasteiger charge is -1.96. The van der Waals surface area contributed by atoms with E-state index in [9.17, 15) is 4.79 Å². The Morgan fingerprint density at radius 3 is 3.00 bits per heavy atom. The van der Waals surface area contributed by atoms with Gasteiger partial charge >= 0.3 is 0 Å². The highest BCUT2D eigenvalue weighted by molar-refractivity contribution is 8.76. The van der Waals surface area contributed by atoms with Crippen molar-refractivity contribution in [3.05, 3.63) is 0 Å². The molecule has 0 radical (unpaired) electrons. The zero-order valence-corrected chi connectivity index (χ0v) is 8.30. The summed E-state index contributed by atoms with van der Waals surface area (Å²) in [5, 5.41) is 3.61. The molecule has 0 aromatic heterocycles. The van der Waals surface area contributed by atoms with E-state index in [0.717, 1.165) is 5.75 Å². The Bertz CT molecular complexity index is 139. The lowest BCUT2D eigenvalue weighted by atomic mass is 10.5. The number of nitrogens with one attached hydrogen (secondary N) is 1. The van der Waals surface area contributed by atoms with Crippen LogP contribution in [0.25, 0.3) is 0 Å². The summed E-state index contributed by atoms with van der Waals surface area (Å²) in [5.41, 5.74) is 2.40. The predicted octanol–water partition coefficient (Wildman–Crippen LogP) is 1.51. The van der Waals surface area contributed by atoms with Crippen LogP contribution in [-0.4, -0.2) is 24.1 Å². The Morgan fingerprint density at radius 2 is 2.45 bits per heavy atom. The van der Waals surface area contributed by atoms with Crippen molar-refractivity contribution >= 4 is 33.7 Å². The van der Waals surface area contributed by atoms with Gasteiger partial charge in [0.25, 0.3) is 0 Å². The van der Waals surface area contributed by atoms with Gasteiger partial charge in [-0.2, -0.15) is 5.10 Å². The van der Waals surface area contributed by atoms with Crippen molar-refractivity contribution in [3.8, 4) is 0 Å². The van der Waals surface area contributed by atoms with Gasteiger partial charge in [0.05, 0.1) is 0 Å².